The van der Waals surface area contributed by atoms with Crippen LogP contribution in [0.1, 0.15) is 11.1 Å². The second kappa shape index (κ2) is 9.35. The first-order chi connectivity index (χ1) is 13.2. The lowest BCUT2D eigenvalue weighted by molar-refractivity contribution is 0.475. The first kappa shape index (κ1) is 18.4. The molecule has 0 saturated carbocycles. The molecule has 0 atom stereocenters. The van der Waals surface area contributed by atoms with Crippen molar-refractivity contribution in [1.82, 2.24) is 15.0 Å². The van der Waals surface area contributed by atoms with Crippen LogP contribution in [0, 0.1) is 0 Å². The lowest BCUT2D eigenvalue weighted by Crippen LogP contribution is -2.17. The number of benzene rings is 2. The van der Waals surface area contributed by atoms with Gasteiger partial charge in [0.25, 0.3) is 0 Å². The van der Waals surface area contributed by atoms with Gasteiger partial charge in [0.2, 0.25) is 17.8 Å². The van der Waals surface area contributed by atoms with Gasteiger partial charge in [-0.3, -0.25) is 5.43 Å². The number of rotatable bonds is 9. The van der Waals surface area contributed by atoms with Crippen LogP contribution in [0.2, 0.25) is 0 Å². The highest BCUT2D eigenvalue weighted by atomic mass is 16.3. The Morgan fingerprint density at radius 2 is 1.22 bits per heavy atom. The van der Waals surface area contributed by atoms with Crippen LogP contribution in [-0.4, -0.2) is 33.1 Å². The smallest absolute Gasteiger partial charge is 0.243 e. The molecular weight excluding hydrogens is 342 g/mol. The van der Waals surface area contributed by atoms with Gasteiger partial charge in [-0.2, -0.15) is 15.0 Å². The molecule has 0 bridgehead atoms. The van der Waals surface area contributed by atoms with E-state index in [2.05, 4.69) is 43.1 Å². The van der Waals surface area contributed by atoms with Crippen LogP contribution in [0.25, 0.3) is 0 Å². The fraction of sp³-hybridized carbons (Fsp3) is 0.211. The molecule has 3 rings (SSSR count). The third kappa shape index (κ3) is 5.82. The Balaban J connectivity index is 1.55. The number of nitrogens with two attached hydrogens (primary N) is 1. The van der Waals surface area contributed by atoms with Gasteiger partial charge < -0.3 is 15.7 Å². The van der Waals surface area contributed by atoms with Gasteiger partial charge >= 0.3 is 0 Å². The minimum atomic E-state index is 0.258. The standard InChI is InChI=1S/C19H23N7O/c20-26-19-24-17(21-12-10-14-4-2-1-3-5-14)23-18(25-19)22-13-11-15-6-8-16(27)9-7-15/h1-9,27H,10-13,20H2,(H3,21,22,23,24,25,26). The number of aromatic hydroxyl groups is 1. The summed E-state index contributed by atoms with van der Waals surface area (Å²) in [6, 6.07) is 17.3. The summed E-state index contributed by atoms with van der Waals surface area (Å²) in [5.74, 6) is 6.91. The minimum absolute atomic E-state index is 0.258. The monoisotopic (exact) mass is 365 g/mol. The highest BCUT2D eigenvalue weighted by molar-refractivity contribution is 5.41. The van der Waals surface area contributed by atoms with E-state index >= 15 is 0 Å². The number of aromatic nitrogens is 3. The summed E-state index contributed by atoms with van der Waals surface area (Å²) >= 11 is 0. The second-order valence-electron chi connectivity index (χ2n) is 5.96. The lowest BCUT2D eigenvalue weighted by Gasteiger charge is -2.10. The summed E-state index contributed by atoms with van der Waals surface area (Å²) in [6.45, 7) is 1.34. The van der Waals surface area contributed by atoms with Crippen LogP contribution in [0.15, 0.2) is 54.6 Å². The Morgan fingerprint density at radius 1 is 0.704 bits per heavy atom. The Morgan fingerprint density at radius 3 is 1.78 bits per heavy atom. The normalized spacial score (nSPS) is 10.4. The summed E-state index contributed by atoms with van der Waals surface area (Å²) < 4.78 is 0. The molecule has 0 aliphatic carbocycles. The molecule has 3 aromatic rings. The van der Waals surface area contributed by atoms with Gasteiger partial charge in [-0.25, -0.2) is 5.84 Å². The zero-order valence-electron chi connectivity index (χ0n) is 14.9. The fourth-order valence-electron chi connectivity index (χ4n) is 2.54. The SMILES string of the molecule is NNc1nc(NCCc2ccccc2)nc(NCCc2ccc(O)cc2)n1. The average Bonchev–Trinajstić information content (AvgIpc) is 2.70. The summed E-state index contributed by atoms with van der Waals surface area (Å²) in [7, 11) is 0. The molecule has 6 N–H and O–H groups in total. The lowest BCUT2D eigenvalue weighted by atomic mass is 10.1. The van der Waals surface area contributed by atoms with Crippen LogP contribution in [-0.2, 0) is 12.8 Å². The predicted octanol–water partition coefficient (Wildman–Crippen LogP) is 2.17. The molecule has 8 nitrogen and oxygen atoms in total. The van der Waals surface area contributed by atoms with Crippen molar-refractivity contribution in [3.63, 3.8) is 0 Å². The van der Waals surface area contributed by atoms with Gasteiger partial charge in [0, 0.05) is 13.1 Å². The number of nitrogen functional groups attached to an aromatic ring is 1. The van der Waals surface area contributed by atoms with Crippen molar-refractivity contribution < 1.29 is 5.11 Å². The van der Waals surface area contributed by atoms with E-state index in [1.165, 1.54) is 5.56 Å². The minimum Gasteiger partial charge on any atom is -0.508 e. The number of nitrogens with zero attached hydrogens (tertiary/aromatic N) is 3. The maximum absolute atomic E-state index is 9.32. The van der Waals surface area contributed by atoms with Crippen molar-refractivity contribution in [2.45, 2.75) is 12.8 Å². The van der Waals surface area contributed by atoms with Gasteiger partial charge in [-0.1, -0.05) is 42.5 Å². The van der Waals surface area contributed by atoms with Gasteiger partial charge in [-0.15, -0.1) is 0 Å². The van der Waals surface area contributed by atoms with E-state index in [1.54, 1.807) is 12.1 Å². The van der Waals surface area contributed by atoms with Gasteiger partial charge in [0.05, 0.1) is 0 Å². The molecule has 0 aliphatic heterocycles. The maximum atomic E-state index is 9.32. The van der Waals surface area contributed by atoms with E-state index in [4.69, 9.17) is 5.84 Å². The molecular formula is C19H23N7O. The van der Waals surface area contributed by atoms with E-state index in [-0.39, 0.29) is 5.75 Å². The Kier molecular flexibility index (Phi) is 6.37. The molecule has 8 heteroatoms. The Bertz CT molecular complexity index is 840. The van der Waals surface area contributed by atoms with E-state index in [9.17, 15) is 5.11 Å². The van der Waals surface area contributed by atoms with Gasteiger partial charge in [0.15, 0.2) is 0 Å². The van der Waals surface area contributed by atoms with Crippen LogP contribution in [0.3, 0.4) is 0 Å². The summed E-state index contributed by atoms with van der Waals surface area (Å²) in [6.07, 6.45) is 1.63. The van der Waals surface area contributed by atoms with Crippen LogP contribution >= 0.6 is 0 Å². The van der Waals surface area contributed by atoms with Crippen LogP contribution in [0.5, 0.6) is 5.75 Å². The van der Waals surface area contributed by atoms with Crippen molar-refractivity contribution in [3.8, 4) is 5.75 Å². The highest BCUT2D eigenvalue weighted by Crippen LogP contribution is 2.12. The molecule has 1 heterocycles. The number of phenols is 1. The van der Waals surface area contributed by atoms with Crippen molar-refractivity contribution in [1.29, 1.82) is 0 Å². The first-order valence-corrected chi connectivity index (χ1v) is 8.75. The van der Waals surface area contributed by atoms with Crippen LogP contribution in [0.4, 0.5) is 17.8 Å². The number of hydrogen-bond acceptors (Lipinski definition) is 8. The molecule has 0 amide bonds. The van der Waals surface area contributed by atoms with E-state index < -0.39 is 0 Å². The molecule has 140 valence electrons. The molecule has 0 aliphatic rings. The van der Waals surface area contributed by atoms with E-state index in [0.717, 1.165) is 18.4 Å². The molecule has 1 aromatic heterocycles. The number of anilines is 3. The first-order valence-electron chi connectivity index (χ1n) is 8.75. The van der Waals surface area contributed by atoms with Gasteiger partial charge in [0.1, 0.15) is 5.75 Å². The molecule has 0 fully saturated rings. The average molecular weight is 365 g/mol. The van der Waals surface area contributed by atoms with E-state index in [0.29, 0.717) is 30.9 Å². The molecule has 27 heavy (non-hydrogen) atoms. The largest absolute Gasteiger partial charge is 0.508 e. The quantitative estimate of drug-likeness (QED) is 0.289. The zero-order valence-corrected chi connectivity index (χ0v) is 14.9. The third-order valence-electron chi connectivity index (χ3n) is 3.94. The Hall–Kier alpha value is -3.39. The maximum Gasteiger partial charge on any atom is 0.243 e. The number of hydrogen-bond donors (Lipinski definition) is 5. The van der Waals surface area contributed by atoms with Crippen LogP contribution < -0.4 is 21.9 Å². The third-order valence-corrected chi connectivity index (χ3v) is 3.94. The molecule has 0 radical (unpaired) electrons. The molecule has 0 saturated heterocycles. The highest BCUT2D eigenvalue weighted by Gasteiger charge is 2.05. The molecule has 0 unspecified atom stereocenters. The van der Waals surface area contributed by atoms with Crippen molar-refractivity contribution in [2.75, 3.05) is 29.1 Å². The summed E-state index contributed by atoms with van der Waals surface area (Å²) in [5.41, 5.74) is 4.80. The van der Waals surface area contributed by atoms with Crippen molar-refractivity contribution in [3.05, 3.63) is 65.7 Å². The number of nitrogens with one attached hydrogen (secondary N) is 3. The number of hydrazine groups is 1. The predicted molar refractivity (Wildman–Crippen MR) is 107 cm³/mol. The molecule has 0 spiro atoms. The van der Waals surface area contributed by atoms with Gasteiger partial charge in [-0.05, 0) is 36.1 Å². The summed E-state index contributed by atoms with van der Waals surface area (Å²) in [4.78, 5) is 12.8. The Labute approximate surface area is 157 Å². The van der Waals surface area contributed by atoms with Crippen molar-refractivity contribution >= 4 is 17.8 Å². The second-order valence-corrected chi connectivity index (χ2v) is 5.96. The van der Waals surface area contributed by atoms with Crippen molar-refractivity contribution in [2.24, 2.45) is 5.84 Å². The topological polar surface area (TPSA) is 121 Å². The number of phenolic OH excluding ortho intramolecular Hbond substituents is 1. The zero-order chi connectivity index (χ0) is 18.9. The molecule has 2 aromatic carbocycles. The fourth-order valence-corrected chi connectivity index (χ4v) is 2.54. The summed E-state index contributed by atoms with van der Waals surface area (Å²) in [5, 5.41) is 15.7. The van der Waals surface area contributed by atoms with E-state index in [1.807, 2.05) is 30.3 Å².